The van der Waals surface area contributed by atoms with Gasteiger partial charge < -0.3 is 23.3 Å². The van der Waals surface area contributed by atoms with Crippen molar-refractivity contribution in [3.8, 4) is 28.4 Å². The van der Waals surface area contributed by atoms with Crippen LogP contribution in [-0.2, 0) is 4.74 Å². The Morgan fingerprint density at radius 1 is 1.08 bits per heavy atom. The molecule has 2 aromatic heterocycles. The number of carbonyl (C=O) groups is 2. The zero-order valence-corrected chi connectivity index (χ0v) is 21.0. The second-order valence-electron chi connectivity index (χ2n) is 8.51. The first-order valence-electron chi connectivity index (χ1n) is 11.5. The van der Waals surface area contributed by atoms with E-state index in [1.807, 2.05) is 29.7 Å². The van der Waals surface area contributed by atoms with Crippen LogP contribution in [-0.4, -0.2) is 41.3 Å². The molecular formula is C27H22ClFN2O6. The molecule has 10 heteroatoms. The maximum absolute atomic E-state index is 14.5. The second-order valence-corrected chi connectivity index (χ2v) is 8.91. The van der Waals surface area contributed by atoms with Crippen LogP contribution in [0.1, 0.15) is 37.9 Å². The molecule has 1 aliphatic rings. The van der Waals surface area contributed by atoms with E-state index in [0.717, 1.165) is 11.4 Å². The van der Waals surface area contributed by atoms with Crippen LogP contribution in [0.3, 0.4) is 0 Å². The Balaban J connectivity index is 1.37. The SMILES string of the molecule is Cc1onc(-c2c(F)cccc2Cl)c1C(=O)OCC(=O)c1cc(C)n(-c2ccc3c(c2)OCCO3)c1C. The molecule has 0 spiro atoms. The number of nitrogens with zero attached hydrogens (tertiary/aromatic N) is 2. The number of esters is 1. The third-order valence-electron chi connectivity index (χ3n) is 6.12. The number of hydrogen-bond acceptors (Lipinski definition) is 7. The summed E-state index contributed by atoms with van der Waals surface area (Å²) in [5.41, 5.74) is 2.44. The second kappa shape index (κ2) is 9.74. The van der Waals surface area contributed by atoms with Gasteiger partial charge in [0.15, 0.2) is 18.1 Å². The summed E-state index contributed by atoms with van der Waals surface area (Å²) in [7, 11) is 0. The van der Waals surface area contributed by atoms with Gasteiger partial charge in [-0.2, -0.15) is 0 Å². The quantitative estimate of drug-likeness (QED) is 0.237. The number of ether oxygens (including phenoxy) is 3. The van der Waals surface area contributed by atoms with E-state index in [1.54, 1.807) is 13.0 Å². The molecule has 190 valence electrons. The van der Waals surface area contributed by atoms with E-state index < -0.39 is 24.2 Å². The third-order valence-corrected chi connectivity index (χ3v) is 6.43. The average Bonchev–Trinajstić information content (AvgIpc) is 3.40. The van der Waals surface area contributed by atoms with E-state index in [1.165, 1.54) is 25.1 Å². The molecule has 2 aromatic carbocycles. The summed E-state index contributed by atoms with van der Waals surface area (Å²) in [4.78, 5) is 26.0. The number of fused-ring (bicyclic) bond motifs is 1. The van der Waals surface area contributed by atoms with E-state index in [-0.39, 0.29) is 27.6 Å². The normalized spacial score (nSPS) is 12.5. The molecule has 0 aliphatic carbocycles. The number of aromatic nitrogens is 2. The van der Waals surface area contributed by atoms with Crippen molar-refractivity contribution < 1.29 is 32.7 Å². The lowest BCUT2D eigenvalue weighted by atomic mass is 10.1. The first-order chi connectivity index (χ1) is 17.8. The summed E-state index contributed by atoms with van der Waals surface area (Å²) in [6.45, 7) is 5.60. The van der Waals surface area contributed by atoms with Gasteiger partial charge in [-0.3, -0.25) is 4.79 Å². The number of halogens is 2. The van der Waals surface area contributed by atoms with Crippen LogP contribution in [0.15, 0.2) is 47.0 Å². The Hall–Kier alpha value is -4.11. The number of ketones is 1. The van der Waals surface area contributed by atoms with Crippen molar-refractivity contribution in [3.05, 3.63) is 81.6 Å². The Bertz CT molecular complexity index is 1520. The molecule has 0 unspecified atom stereocenters. The maximum atomic E-state index is 14.5. The Labute approximate surface area is 216 Å². The summed E-state index contributed by atoms with van der Waals surface area (Å²) in [6, 6.07) is 11.4. The van der Waals surface area contributed by atoms with E-state index in [2.05, 4.69) is 5.16 Å². The lowest BCUT2D eigenvalue weighted by Crippen LogP contribution is -2.16. The fourth-order valence-corrected chi connectivity index (χ4v) is 4.65. The minimum absolute atomic E-state index is 0.0602. The average molecular weight is 525 g/mol. The smallest absolute Gasteiger partial charge is 0.344 e. The molecule has 0 atom stereocenters. The first-order valence-corrected chi connectivity index (χ1v) is 11.8. The van der Waals surface area contributed by atoms with Crippen LogP contribution in [0.5, 0.6) is 11.5 Å². The predicted molar refractivity (Wildman–Crippen MR) is 132 cm³/mol. The van der Waals surface area contributed by atoms with E-state index in [4.69, 9.17) is 30.3 Å². The minimum Gasteiger partial charge on any atom is -0.486 e. The van der Waals surface area contributed by atoms with Crippen LogP contribution >= 0.6 is 11.6 Å². The van der Waals surface area contributed by atoms with Crippen LogP contribution in [0.4, 0.5) is 4.39 Å². The number of aryl methyl sites for hydroxylation is 2. The highest BCUT2D eigenvalue weighted by Crippen LogP contribution is 2.35. The fraction of sp³-hybridized carbons (Fsp3) is 0.222. The molecule has 8 nitrogen and oxygen atoms in total. The number of Topliss-reactive ketones (excluding diaryl/α,β-unsaturated/α-hetero) is 1. The molecule has 37 heavy (non-hydrogen) atoms. The number of benzene rings is 2. The van der Waals surface area contributed by atoms with Crippen LogP contribution in [0, 0.1) is 26.6 Å². The van der Waals surface area contributed by atoms with Gasteiger partial charge in [0.05, 0.1) is 10.6 Å². The van der Waals surface area contributed by atoms with Crippen LogP contribution in [0.2, 0.25) is 5.02 Å². The molecule has 0 saturated carbocycles. The molecule has 0 N–H and O–H groups in total. The van der Waals surface area contributed by atoms with E-state index >= 15 is 0 Å². The van der Waals surface area contributed by atoms with Crippen LogP contribution in [0.25, 0.3) is 16.9 Å². The van der Waals surface area contributed by atoms with E-state index in [9.17, 15) is 14.0 Å². The summed E-state index contributed by atoms with van der Waals surface area (Å²) < 4.78 is 38.1. The summed E-state index contributed by atoms with van der Waals surface area (Å²) in [5.74, 6) is -0.526. The van der Waals surface area contributed by atoms with Gasteiger partial charge in [-0.1, -0.05) is 22.8 Å². The van der Waals surface area contributed by atoms with Gasteiger partial charge in [0.25, 0.3) is 0 Å². The fourth-order valence-electron chi connectivity index (χ4n) is 4.40. The molecule has 0 saturated heterocycles. The van der Waals surface area contributed by atoms with E-state index in [0.29, 0.717) is 36.0 Å². The zero-order chi connectivity index (χ0) is 26.3. The first kappa shape index (κ1) is 24.6. The summed E-state index contributed by atoms with van der Waals surface area (Å²) >= 11 is 6.14. The molecule has 1 aliphatic heterocycles. The van der Waals surface area contributed by atoms with Crippen molar-refractivity contribution in [2.75, 3.05) is 19.8 Å². The van der Waals surface area contributed by atoms with Crippen molar-refractivity contribution in [3.63, 3.8) is 0 Å². The molecule has 0 bridgehead atoms. The molecule has 0 amide bonds. The Morgan fingerprint density at radius 2 is 1.84 bits per heavy atom. The highest BCUT2D eigenvalue weighted by atomic mass is 35.5. The number of rotatable bonds is 6. The Morgan fingerprint density at radius 3 is 2.59 bits per heavy atom. The predicted octanol–water partition coefficient (Wildman–Crippen LogP) is 5.66. The van der Waals surface area contributed by atoms with Gasteiger partial charge in [-0.05, 0) is 51.1 Å². The molecule has 0 fully saturated rings. The van der Waals surface area contributed by atoms with Crippen molar-refractivity contribution in [2.45, 2.75) is 20.8 Å². The van der Waals surface area contributed by atoms with Gasteiger partial charge >= 0.3 is 5.97 Å². The highest BCUT2D eigenvalue weighted by molar-refractivity contribution is 6.33. The van der Waals surface area contributed by atoms with Gasteiger partial charge in [0.2, 0.25) is 5.78 Å². The Kier molecular flexibility index (Phi) is 6.47. The number of hydrogen-bond donors (Lipinski definition) is 0. The molecule has 0 radical (unpaired) electrons. The van der Waals surface area contributed by atoms with Crippen molar-refractivity contribution in [1.82, 2.24) is 9.72 Å². The largest absolute Gasteiger partial charge is 0.486 e. The standard InChI is InChI=1S/C27H22ClFN2O6/c1-14-11-18(15(2)31(14)17-7-8-22-23(12-17)35-10-9-34-22)21(32)13-36-27(33)24-16(3)37-30-26(24)25-19(28)5-4-6-20(25)29/h4-8,11-12H,9-10,13H2,1-3H3. The molecule has 4 aromatic rings. The lowest BCUT2D eigenvalue weighted by molar-refractivity contribution is 0.0473. The molecule has 5 rings (SSSR count). The van der Waals surface area contributed by atoms with Crippen molar-refractivity contribution in [1.29, 1.82) is 0 Å². The number of carbonyl (C=O) groups excluding carboxylic acids is 2. The van der Waals surface area contributed by atoms with Gasteiger partial charge in [-0.25, -0.2) is 9.18 Å². The van der Waals surface area contributed by atoms with Gasteiger partial charge in [-0.15, -0.1) is 0 Å². The zero-order valence-electron chi connectivity index (χ0n) is 20.3. The summed E-state index contributed by atoms with van der Waals surface area (Å²) in [6.07, 6.45) is 0. The lowest BCUT2D eigenvalue weighted by Gasteiger charge is -2.20. The van der Waals surface area contributed by atoms with Crippen LogP contribution < -0.4 is 9.47 Å². The monoisotopic (exact) mass is 524 g/mol. The minimum atomic E-state index is -0.873. The van der Waals surface area contributed by atoms with Crippen molar-refractivity contribution >= 4 is 23.4 Å². The third kappa shape index (κ3) is 4.46. The topological polar surface area (TPSA) is 92.8 Å². The highest BCUT2D eigenvalue weighted by Gasteiger charge is 2.28. The molecular weight excluding hydrogens is 503 g/mol. The van der Waals surface area contributed by atoms with Gasteiger partial charge in [0.1, 0.15) is 36.0 Å². The molecule has 3 heterocycles. The maximum Gasteiger partial charge on any atom is 0.344 e. The summed E-state index contributed by atoms with van der Waals surface area (Å²) in [5, 5.41) is 3.86. The van der Waals surface area contributed by atoms with Gasteiger partial charge in [0, 0.05) is 28.7 Å². The van der Waals surface area contributed by atoms with Crippen molar-refractivity contribution in [2.24, 2.45) is 0 Å².